The van der Waals surface area contributed by atoms with Crippen LogP contribution in [0.25, 0.3) is 0 Å². The highest BCUT2D eigenvalue weighted by atomic mass is 32.1. The van der Waals surface area contributed by atoms with Crippen molar-refractivity contribution in [1.82, 2.24) is 15.6 Å². The molecule has 5 heteroatoms. The van der Waals surface area contributed by atoms with Crippen LogP contribution in [0, 0.1) is 6.92 Å². The van der Waals surface area contributed by atoms with Crippen molar-refractivity contribution in [2.24, 2.45) is 0 Å². The van der Waals surface area contributed by atoms with E-state index in [-0.39, 0.29) is 5.91 Å². The van der Waals surface area contributed by atoms with E-state index in [1.54, 1.807) is 11.3 Å². The van der Waals surface area contributed by atoms with Gasteiger partial charge in [-0.2, -0.15) is 0 Å². The van der Waals surface area contributed by atoms with E-state index in [1.807, 2.05) is 6.92 Å². The molecule has 4 nitrogen and oxygen atoms in total. The third-order valence-electron chi connectivity index (χ3n) is 3.17. The number of carbonyl (C=O) groups is 1. The Balaban J connectivity index is 1.60. The summed E-state index contributed by atoms with van der Waals surface area (Å²) in [5, 5.41) is 9.42. The summed E-state index contributed by atoms with van der Waals surface area (Å²) in [6.07, 6.45) is 5.56. The molecular weight excluding hydrogens is 258 g/mol. The fourth-order valence-corrected chi connectivity index (χ4v) is 2.73. The minimum atomic E-state index is 0.145. The molecule has 1 amide bonds. The van der Waals surface area contributed by atoms with Crippen LogP contribution in [0.3, 0.4) is 0 Å². The van der Waals surface area contributed by atoms with Crippen LogP contribution in [-0.2, 0) is 11.2 Å². The Morgan fingerprint density at radius 1 is 1.58 bits per heavy atom. The van der Waals surface area contributed by atoms with Crippen molar-refractivity contribution in [1.29, 1.82) is 0 Å². The third kappa shape index (κ3) is 5.12. The molecule has 0 fully saturated rings. The maximum atomic E-state index is 11.7. The van der Waals surface area contributed by atoms with Gasteiger partial charge in [0.2, 0.25) is 5.91 Å². The summed E-state index contributed by atoms with van der Waals surface area (Å²) in [4.78, 5) is 16.1. The predicted octanol–water partition coefficient (Wildman–Crippen LogP) is 1.81. The zero-order chi connectivity index (χ0) is 13.5. The molecule has 19 heavy (non-hydrogen) atoms. The molecule has 104 valence electrons. The minimum Gasteiger partial charge on any atom is -0.352 e. The van der Waals surface area contributed by atoms with Gasteiger partial charge >= 0.3 is 0 Å². The summed E-state index contributed by atoms with van der Waals surface area (Å²) in [5.74, 6) is 0.145. The standard InChI is InChI=1S/C14H21N3OS/c1-11-17-13(10-19-11)3-2-4-14(18)16-9-12-5-7-15-8-6-12/h5,10,15H,2-4,6-9H2,1H3,(H,16,18). The molecule has 0 bridgehead atoms. The summed E-state index contributed by atoms with van der Waals surface area (Å²) >= 11 is 1.67. The minimum absolute atomic E-state index is 0.145. The molecule has 0 unspecified atom stereocenters. The van der Waals surface area contributed by atoms with Crippen LogP contribution in [0.1, 0.15) is 30.0 Å². The van der Waals surface area contributed by atoms with Gasteiger partial charge in [0.05, 0.1) is 10.7 Å². The molecule has 1 aromatic heterocycles. The van der Waals surface area contributed by atoms with Crippen molar-refractivity contribution >= 4 is 17.2 Å². The maximum absolute atomic E-state index is 11.7. The van der Waals surface area contributed by atoms with E-state index < -0.39 is 0 Å². The first kappa shape index (κ1) is 14.2. The van der Waals surface area contributed by atoms with Crippen molar-refractivity contribution in [2.75, 3.05) is 19.6 Å². The van der Waals surface area contributed by atoms with Gasteiger partial charge in [-0.15, -0.1) is 11.3 Å². The van der Waals surface area contributed by atoms with Gasteiger partial charge in [-0.1, -0.05) is 11.6 Å². The summed E-state index contributed by atoms with van der Waals surface area (Å²) < 4.78 is 0. The second-order valence-electron chi connectivity index (χ2n) is 4.80. The first-order chi connectivity index (χ1) is 9.24. The Kier molecular flexibility index (Phi) is 5.54. The SMILES string of the molecule is Cc1nc(CCCC(=O)NCC2=CCNCC2)cs1. The van der Waals surface area contributed by atoms with E-state index in [4.69, 9.17) is 0 Å². The number of carbonyl (C=O) groups excluding carboxylic acids is 1. The molecule has 1 aliphatic rings. The second kappa shape index (κ2) is 7.40. The van der Waals surface area contributed by atoms with Crippen molar-refractivity contribution in [2.45, 2.75) is 32.6 Å². The maximum Gasteiger partial charge on any atom is 0.220 e. The van der Waals surface area contributed by atoms with Crippen LogP contribution < -0.4 is 10.6 Å². The molecule has 1 aromatic rings. The zero-order valence-corrected chi connectivity index (χ0v) is 12.2. The van der Waals surface area contributed by atoms with Crippen LogP contribution in [0.4, 0.5) is 0 Å². The Hall–Kier alpha value is -1.20. The molecule has 0 atom stereocenters. The van der Waals surface area contributed by atoms with Gasteiger partial charge in [0.25, 0.3) is 0 Å². The zero-order valence-electron chi connectivity index (χ0n) is 11.4. The van der Waals surface area contributed by atoms with Crippen LogP contribution >= 0.6 is 11.3 Å². The van der Waals surface area contributed by atoms with Gasteiger partial charge in [-0.25, -0.2) is 4.98 Å². The van der Waals surface area contributed by atoms with Gasteiger partial charge in [-0.05, 0) is 32.7 Å². The third-order valence-corrected chi connectivity index (χ3v) is 4.00. The highest BCUT2D eigenvalue weighted by molar-refractivity contribution is 7.09. The van der Waals surface area contributed by atoms with Crippen molar-refractivity contribution in [3.8, 4) is 0 Å². The number of hydrogen-bond acceptors (Lipinski definition) is 4. The average molecular weight is 279 g/mol. The summed E-state index contributed by atoms with van der Waals surface area (Å²) in [6.45, 7) is 4.66. The monoisotopic (exact) mass is 279 g/mol. The number of aromatic nitrogens is 1. The molecule has 0 aromatic carbocycles. The topological polar surface area (TPSA) is 54.0 Å². The Bertz CT molecular complexity index is 453. The van der Waals surface area contributed by atoms with Crippen molar-refractivity contribution in [3.63, 3.8) is 0 Å². The highest BCUT2D eigenvalue weighted by Crippen LogP contribution is 2.10. The summed E-state index contributed by atoms with van der Waals surface area (Å²) in [7, 11) is 0. The van der Waals surface area contributed by atoms with E-state index in [0.29, 0.717) is 13.0 Å². The lowest BCUT2D eigenvalue weighted by Crippen LogP contribution is -2.29. The number of amides is 1. The van der Waals surface area contributed by atoms with Crippen LogP contribution in [0.2, 0.25) is 0 Å². The Morgan fingerprint density at radius 2 is 2.47 bits per heavy atom. The molecule has 2 heterocycles. The van der Waals surface area contributed by atoms with Gasteiger partial charge in [0.15, 0.2) is 0 Å². The highest BCUT2D eigenvalue weighted by Gasteiger charge is 2.06. The summed E-state index contributed by atoms with van der Waals surface area (Å²) in [6, 6.07) is 0. The van der Waals surface area contributed by atoms with E-state index in [2.05, 4.69) is 27.1 Å². The molecule has 2 N–H and O–H groups in total. The fraction of sp³-hybridized carbons (Fsp3) is 0.571. The molecule has 1 aliphatic heterocycles. The van der Waals surface area contributed by atoms with Gasteiger partial charge in [-0.3, -0.25) is 4.79 Å². The number of nitrogens with one attached hydrogen (secondary N) is 2. The lowest BCUT2D eigenvalue weighted by Gasteiger charge is -2.14. The molecule has 2 rings (SSSR count). The van der Waals surface area contributed by atoms with E-state index in [1.165, 1.54) is 5.57 Å². The predicted molar refractivity (Wildman–Crippen MR) is 78.4 cm³/mol. The summed E-state index contributed by atoms with van der Waals surface area (Å²) in [5.41, 5.74) is 2.44. The van der Waals surface area contributed by atoms with Gasteiger partial charge < -0.3 is 10.6 Å². The normalized spacial score (nSPS) is 15.1. The van der Waals surface area contributed by atoms with E-state index in [9.17, 15) is 4.79 Å². The Morgan fingerprint density at radius 3 is 3.16 bits per heavy atom. The van der Waals surface area contributed by atoms with Crippen molar-refractivity contribution in [3.05, 3.63) is 27.7 Å². The second-order valence-corrected chi connectivity index (χ2v) is 5.87. The van der Waals surface area contributed by atoms with Gasteiger partial charge in [0, 0.05) is 24.9 Å². The van der Waals surface area contributed by atoms with Crippen LogP contribution in [0.5, 0.6) is 0 Å². The number of nitrogens with zero attached hydrogens (tertiary/aromatic N) is 1. The number of aryl methyl sites for hydroxylation is 2. The lowest BCUT2D eigenvalue weighted by atomic mass is 10.1. The van der Waals surface area contributed by atoms with Crippen LogP contribution in [-0.4, -0.2) is 30.5 Å². The molecule has 0 saturated heterocycles. The number of rotatable bonds is 6. The van der Waals surface area contributed by atoms with Gasteiger partial charge in [0.1, 0.15) is 0 Å². The first-order valence-corrected chi connectivity index (χ1v) is 7.68. The number of thiazole rings is 1. The molecule has 0 radical (unpaired) electrons. The molecular formula is C14H21N3OS. The number of hydrogen-bond donors (Lipinski definition) is 2. The quantitative estimate of drug-likeness (QED) is 0.781. The largest absolute Gasteiger partial charge is 0.352 e. The fourth-order valence-electron chi connectivity index (χ4n) is 2.08. The molecule has 0 saturated carbocycles. The Labute approximate surface area is 118 Å². The van der Waals surface area contributed by atoms with Crippen LogP contribution in [0.15, 0.2) is 17.0 Å². The molecule has 0 spiro atoms. The molecule has 0 aliphatic carbocycles. The van der Waals surface area contributed by atoms with E-state index >= 15 is 0 Å². The van der Waals surface area contributed by atoms with E-state index in [0.717, 1.165) is 43.1 Å². The lowest BCUT2D eigenvalue weighted by molar-refractivity contribution is -0.121. The van der Waals surface area contributed by atoms with Crippen molar-refractivity contribution < 1.29 is 4.79 Å². The smallest absolute Gasteiger partial charge is 0.220 e. The first-order valence-electron chi connectivity index (χ1n) is 6.80. The average Bonchev–Trinajstić information content (AvgIpc) is 2.83.